The Balaban J connectivity index is 2.13. The van der Waals surface area contributed by atoms with Crippen molar-refractivity contribution in [3.63, 3.8) is 0 Å². The van der Waals surface area contributed by atoms with E-state index in [1.54, 1.807) is 13.0 Å². The van der Waals surface area contributed by atoms with Crippen molar-refractivity contribution in [3.05, 3.63) is 28.7 Å². The number of hydrogen-bond acceptors (Lipinski definition) is 4. The predicted octanol–water partition coefficient (Wildman–Crippen LogP) is 1.00. The first-order valence-electron chi connectivity index (χ1n) is 6.60. The number of ether oxygens (including phenoxy) is 1. The molecule has 8 heteroatoms. The molecule has 1 aliphatic rings. The Morgan fingerprint density at radius 2 is 1.95 bits per heavy atom. The van der Waals surface area contributed by atoms with Crippen molar-refractivity contribution < 1.29 is 13.2 Å². The van der Waals surface area contributed by atoms with Crippen LogP contribution in [0.4, 0.5) is 0 Å². The molecule has 0 amide bonds. The van der Waals surface area contributed by atoms with Crippen LogP contribution in [0.15, 0.2) is 27.9 Å². The van der Waals surface area contributed by atoms with Crippen molar-refractivity contribution in [3.8, 4) is 0 Å². The zero-order chi connectivity index (χ0) is 15.4. The molecule has 1 unspecified atom stereocenters. The van der Waals surface area contributed by atoms with Gasteiger partial charge in [0.15, 0.2) is 0 Å². The van der Waals surface area contributed by atoms with E-state index < -0.39 is 21.8 Å². The second kappa shape index (κ2) is 4.43. The lowest BCUT2D eigenvalue weighted by Gasteiger charge is -2.30. The van der Waals surface area contributed by atoms with E-state index in [4.69, 9.17) is 4.74 Å². The molecule has 0 radical (unpaired) electrons. The van der Waals surface area contributed by atoms with Gasteiger partial charge < -0.3 is 14.7 Å². The molecule has 7 nitrogen and oxygen atoms in total. The summed E-state index contributed by atoms with van der Waals surface area (Å²) >= 11 is 0. The van der Waals surface area contributed by atoms with Crippen molar-refractivity contribution in [2.24, 2.45) is 0 Å². The van der Waals surface area contributed by atoms with E-state index in [0.717, 1.165) is 0 Å². The number of aromatic amines is 2. The third-order valence-corrected chi connectivity index (χ3v) is 5.81. The number of sulfonamides is 1. The third kappa shape index (κ3) is 2.19. The molecule has 1 aliphatic heterocycles. The van der Waals surface area contributed by atoms with Crippen LogP contribution < -0.4 is 5.69 Å². The van der Waals surface area contributed by atoms with E-state index in [9.17, 15) is 13.2 Å². The molecular formula is C13H17N3O4S. The minimum Gasteiger partial charge on any atom is -0.360 e. The molecule has 3 rings (SSSR count). The Kier molecular flexibility index (Phi) is 3.01. The fourth-order valence-corrected chi connectivity index (χ4v) is 4.64. The summed E-state index contributed by atoms with van der Waals surface area (Å²) in [4.78, 5) is 16.6. The molecule has 0 aliphatic carbocycles. The van der Waals surface area contributed by atoms with Gasteiger partial charge in [-0.15, -0.1) is 0 Å². The zero-order valence-corrected chi connectivity index (χ0v) is 12.8. The molecular weight excluding hydrogens is 294 g/mol. The maximum atomic E-state index is 12.9. The number of aromatic nitrogens is 2. The standard InChI is InChI=1S/C13H17N3O4S/c1-8-16(13(2,3)7-20-8)21(18,19)9-4-5-10-11(6-9)15-12(17)14-10/h4-6,8H,7H2,1-3H3,(H2,14,15,17). The first-order chi connectivity index (χ1) is 9.72. The van der Waals surface area contributed by atoms with Gasteiger partial charge >= 0.3 is 5.69 Å². The van der Waals surface area contributed by atoms with Crippen LogP contribution in [0.1, 0.15) is 20.8 Å². The number of nitrogens with one attached hydrogen (secondary N) is 2. The summed E-state index contributed by atoms with van der Waals surface area (Å²) < 4.78 is 32.5. The highest BCUT2D eigenvalue weighted by Crippen LogP contribution is 2.33. The van der Waals surface area contributed by atoms with Gasteiger partial charge in [-0.3, -0.25) is 0 Å². The summed E-state index contributed by atoms with van der Waals surface area (Å²) in [5, 5.41) is 0. The molecule has 114 valence electrons. The lowest BCUT2D eigenvalue weighted by molar-refractivity contribution is 0.0843. The van der Waals surface area contributed by atoms with E-state index in [1.165, 1.54) is 16.4 Å². The van der Waals surface area contributed by atoms with Gasteiger partial charge in [0.2, 0.25) is 10.0 Å². The van der Waals surface area contributed by atoms with Gasteiger partial charge in [-0.25, -0.2) is 13.2 Å². The van der Waals surface area contributed by atoms with Crippen molar-refractivity contribution in [1.29, 1.82) is 0 Å². The number of rotatable bonds is 2. The van der Waals surface area contributed by atoms with Gasteiger partial charge in [0.25, 0.3) is 0 Å². The zero-order valence-electron chi connectivity index (χ0n) is 12.0. The van der Waals surface area contributed by atoms with Gasteiger partial charge in [0.05, 0.1) is 28.1 Å². The van der Waals surface area contributed by atoms with Gasteiger partial charge in [-0.2, -0.15) is 4.31 Å². The monoisotopic (exact) mass is 311 g/mol. The Labute approximate surface area is 122 Å². The summed E-state index contributed by atoms with van der Waals surface area (Å²) in [6, 6.07) is 4.53. The molecule has 2 N–H and O–H groups in total. The maximum absolute atomic E-state index is 12.9. The highest BCUT2D eigenvalue weighted by atomic mass is 32.2. The van der Waals surface area contributed by atoms with E-state index in [2.05, 4.69) is 9.97 Å². The summed E-state index contributed by atoms with van der Waals surface area (Å²) in [7, 11) is -3.71. The van der Waals surface area contributed by atoms with Crippen LogP contribution in [0, 0.1) is 0 Å². The largest absolute Gasteiger partial charge is 0.360 e. The van der Waals surface area contributed by atoms with Gasteiger partial charge in [0, 0.05) is 0 Å². The Bertz CT molecular complexity index is 850. The molecule has 0 saturated carbocycles. The molecule has 2 heterocycles. The Morgan fingerprint density at radius 1 is 1.29 bits per heavy atom. The van der Waals surface area contributed by atoms with Crippen LogP contribution in [0.2, 0.25) is 0 Å². The molecule has 1 aromatic carbocycles. The predicted molar refractivity (Wildman–Crippen MR) is 77.4 cm³/mol. The third-order valence-electron chi connectivity index (χ3n) is 3.65. The van der Waals surface area contributed by atoms with E-state index >= 15 is 0 Å². The van der Waals surface area contributed by atoms with Gasteiger partial charge in [-0.1, -0.05) is 0 Å². The minimum absolute atomic E-state index is 0.135. The van der Waals surface area contributed by atoms with Crippen molar-refractivity contribution in [1.82, 2.24) is 14.3 Å². The highest BCUT2D eigenvalue weighted by Gasteiger charge is 2.46. The van der Waals surface area contributed by atoms with E-state index in [-0.39, 0.29) is 10.6 Å². The average Bonchev–Trinajstić information content (AvgIpc) is 2.87. The van der Waals surface area contributed by atoms with Crippen molar-refractivity contribution in [2.45, 2.75) is 37.4 Å². The van der Waals surface area contributed by atoms with E-state index in [0.29, 0.717) is 17.6 Å². The molecule has 2 aromatic rings. The van der Waals surface area contributed by atoms with Gasteiger partial charge in [0.1, 0.15) is 6.23 Å². The lowest BCUT2D eigenvalue weighted by atomic mass is 10.1. The first-order valence-corrected chi connectivity index (χ1v) is 8.04. The number of benzene rings is 1. The van der Waals surface area contributed by atoms with Crippen molar-refractivity contribution in [2.75, 3.05) is 6.61 Å². The molecule has 0 spiro atoms. The molecule has 1 atom stereocenters. The normalized spacial score (nSPS) is 22.9. The van der Waals surface area contributed by atoms with Crippen LogP contribution in [-0.2, 0) is 14.8 Å². The summed E-state index contributed by atoms with van der Waals surface area (Å²) in [6.07, 6.45) is -0.522. The first kappa shape index (κ1) is 14.3. The quantitative estimate of drug-likeness (QED) is 0.865. The molecule has 21 heavy (non-hydrogen) atoms. The Morgan fingerprint density at radius 3 is 2.57 bits per heavy atom. The number of fused-ring (bicyclic) bond motifs is 1. The number of hydrogen-bond donors (Lipinski definition) is 2. The van der Waals surface area contributed by atoms with Crippen LogP contribution in [0.25, 0.3) is 11.0 Å². The summed E-state index contributed by atoms with van der Waals surface area (Å²) in [5.74, 6) is 0. The highest BCUT2D eigenvalue weighted by molar-refractivity contribution is 7.89. The summed E-state index contributed by atoms with van der Waals surface area (Å²) in [6.45, 7) is 5.70. The van der Waals surface area contributed by atoms with Crippen LogP contribution >= 0.6 is 0 Å². The topological polar surface area (TPSA) is 95.3 Å². The second-order valence-electron chi connectivity index (χ2n) is 5.81. The number of nitrogens with zero attached hydrogens (tertiary/aromatic N) is 1. The SMILES string of the molecule is CC1OCC(C)(C)N1S(=O)(=O)c1ccc2[nH]c(=O)[nH]c2c1. The van der Waals surface area contributed by atoms with Crippen LogP contribution in [-0.4, -0.2) is 41.1 Å². The minimum atomic E-state index is -3.71. The van der Waals surface area contributed by atoms with Crippen molar-refractivity contribution >= 4 is 21.1 Å². The fourth-order valence-electron chi connectivity index (χ4n) is 2.75. The molecule has 0 bridgehead atoms. The average molecular weight is 311 g/mol. The molecule has 1 fully saturated rings. The second-order valence-corrected chi connectivity index (χ2v) is 7.63. The fraction of sp³-hybridized carbons (Fsp3) is 0.462. The Hall–Kier alpha value is -1.64. The number of H-pyrrole nitrogens is 2. The maximum Gasteiger partial charge on any atom is 0.323 e. The van der Waals surface area contributed by atoms with E-state index in [1.807, 2.05) is 13.8 Å². The van der Waals surface area contributed by atoms with Gasteiger partial charge in [-0.05, 0) is 39.0 Å². The lowest BCUT2D eigenvalue weighted by Crippen LogP contribution is -2.47. The summed E-state index contributed by atoms with van der Waals surface area (Å²) in [5.41, 5.74) is 0.0620. The number of imidazole rings is 1. The van der Waals surface area contributed by atoms with Crippen LogP contribution in [0.3, 0.4) is 0 Å². The molecule has 1 aromatic heterocycles. The molecule has 1 saturated heterocycles. The van der Waals surface area contributed by atoms with Crippen LogP contribution in [0.5, 0.6) is 0 Å². The smallest absolute Gasteiger partial charge is 0.323 e.